The molecule has 0 aliphatic carbocycles. The Bertz CT molecular complexity index is 913. The first-order chi connectivity index (χ1) is 14.2. The van der Waals surface area contributed by atoms with Gasteiger partial charge in [0, 0.05) is 5.57 Å². The van der Waals surface area contributed by atoms with E-state index in [0.29, 0.717) is 0 Å². The molecule has 0 amide bonds. The van der Waals surface area contributed by atoms with Crippen LogP contribution < -0.4 is 0 Å². The molecule has 0 saturated heterocycles. The number of halogens is 6. The van der Waals surface area contributed by atoms with Crippen LogP contribution in [0.1, 0.15) is 22.3 Å². The van der Waals surface area contributed by atoms with Crippen molar-refractivity contribution in [3.63, 3.8) is 0 Å². The van der Waals surface area contributed by atoms with E-state index in [2.05, 4.69) is 6.58 Å². The second-order valence-electron chi connectivity index (χ2n) is 6.91. The normalized spacial score (nSPS) is 12.5. The molecule has 0 fully saturated rings. The fourth-order valence-corrected chi connectivity index (χ4v) is 3.08. The Morgan fingerprint density at radius 2 is 1.03 bits per heavy atom. The third-order valence-electron chi connectivity index (χ3n) is 4.82. The summed E-state index contributed by atoms with van der Waals surface area (Å²) in [5, 5.41) is 19.2. The van der Waals surface area contributed by atoms with E-state index >= 15 is 0 Å². The lowest BCUT2D eigenvalue weighted by Gasteiger charge is -2.30. The Kier molecular flexibility index (Phi) is 6.53. The highest BCUT2D eigenvalue weighted by Crippen LogP contribution is 2.38. The van der Waals surface area contributed by atoms with Crippen molar-refractivity contribution in [2.24, 2.45) is 5.41 Å². The highest BCUT2D eigenvalue weighted by molar-refractivity contribution is 5.96. The van der Waals surface area contributed by atoms with Crippen LogP contribution >= 0.6 is 0 Å². The maximum atomic E-state index is 12.8. The summed E-state index contributed by atoms with van der Waals surface area (Å²) in [6, 6.07) is 6.97. The molecule has 0 atom stereocenters. The quantitative estimate of drug-likeness (QED) is 0.452. The summed E-state index contributed by atoms with van der Waals surface area (Å²) in [5.74, 6) is -3.28. The first kappa shape index (κ1) is 24.0. The van der Waals surface area contributed by atoms with Crippen LogP contribution in [0.4, 0.5) is 26.3 Å². The molecule has 4 nitrogen and oxygen atoms in total. The maximum Gasteiger partial charge on any atom is 0.416 e. The van der Waals surface area contributed by atoms with Crippen LogP contribution in [0, 0.1) is 5.41 Å². The van der Waals surface area contributed by atoms with Gasteiger partial charge in [0.15, 0.2) is 0 Å². The van der Waals surface area contributed by atoms with Gasteiger partial charge in [0.25, 0.3) is 0 Å². The maximum absolute atomic E-state index is 12.8. The van der Waals surface area contributed by atoms with Crippen molar-refractivity contribution < 1.29 is 46.1 Å². The number of aliphatic carboxylic acids is 2. The molecule has 0 unspecified atom stereocenters. The van der Waals surface area contributed by atoms with Crippen LogP contribution in [0.2, 0.25) is 0 Å². The second kappa shape index (κ2) is 8.44. The fraction of sp³-hybridized carbons (Fsp3) is 0.238. The van der Waals surface area contributed by atoms with Gasteiger partial charge in [0.2, 0.25) is 0 Å². The molecule has 2 aromatic carbocycles. The summed E-state index contributed by atoms with van der Waals surface area (Å²) in [5.41, 5.74) is -4.73. The van der Waals surface area contributed by atoms with Gasteiger partial charge in [-0.05, 0) is 48.2 Å². The average Bonchev–Trinajstić information content (AvgIpc) is 2.66. The monoisotopic (exact) mass is 446 g/mol. The zero-order chi connectivity index (χ0) is 23.6. The minimum Gasteiger partial charge on any atom is -0.481 e. The van der Waals surface area contributed by atoms with Gasteiger partial charge >= 0.3 is 24.3 Å². The number of carboxylic acids is 2. The van der Waals surface area contributed by atoms with Gasteiger partial charge in [-0.2, -0.15) is 26.3 Å². The third-order valence-corrected chi connectivity index (χ3v) is 4.82. The molecule has 0 bridgehead atoms. The summed E-state index contributed by atoms with van der Waals surface area (Å²) in [4.78, 5) is 23.7. The molecule has 0 spiro atoms. The van der Waals surface area contributed by atoms with Crippen LogP contribution in [0.15, 0.2) is 60.7 Å². The molecular formula is C21H16F6O4. The van der Waals surface area contributed by atoms with Gasteiger partial charge in [-0.25, -0.2) is 4.79 Å². The SMILES string of the molecule is C=C(C(=O)O)C(Cc1ccc(C(F)(F)F)cc1)(Cc1ccc(C(F)(F)F)cc1)C(=O)O. The van der Waals surface area contributed by atoms with Crippen molar-refractivity contribution in [3.8, 4) is 0 Å². The molecule has 0 heterocycles. The molecule has 166 valence electrons. The molecule has 2 aromatic rings. The Labute approximate surface area is 172 Å². The predicted octanol–water partition coefficient (Wildman–Crippen LogP) is 5.22. The fourth-order valence-electron chi connectivity index (χ4n) is 3.08. The Balaban J connectivity index is 2.47. The first-order valence-corrected chi connectivity index (χ1v) is 8.65. The summed E-state index contributed by atoms with van der Waals surface area (Å²) >= 11 is 0. The molecule has 0 aliphatic rings. The topological polar surface area (TPSA) is 74.6 Å². The molecular weight excluding hydrogens is 430 g/mol. The number of rotatable bonds is 7. The minimum atomic E-state index is -4.62. The van der Waals surface area contributed by atoms with Crippen molar-refractivity contribution in [2.45, 2.75) is 25.2 Å². The Morgan fingerprint density at radius 1 is 0.710 bits per heavy atom. The molecule has 10 heteroatoms. The van der Waals surface area contributed by atoms with E-state index in [1.807, 2.05) is 0 Å². The van der Waals surface area contributed by atoms with Crippen molar-refractivity contribution in [1.82, 2.24) is 0 Å². The van der Waals surface area contributed by atoms with Crippen molar-refractivity contribution in [3.05, 3.63) is 82.9 Å². The number of carbonyl (C=O) groups is 2. The van der Waals surface area contributed by atoms with Crippen LogP contribution in [0.3, 0.4) is 0 Å². The van der Waals surface area contributed by atoms with Gasteiger partial charge < -0.3 is 10.2 Å². The lowest BCUT2D eigenvalue weighted by Crippen LogP contribution is -2.40. The van der Waals surface area contributed by atoms with Crippen molar-refractivity contribution in [1.29, 1.82) is 0 Å². The predicted molar refractivity (Wildman–Crippen MR) is 97.1 cm³/mol. The van der Waals surface area contributed by atoms with Gasteiger partial charge in [0.1, 0.15) is 5.41 Å². The molecule has 0 aliphatic heterocycles. The lowest BCUT2D eigenvalue weighted by molar-refractivity contribution is -0.150. The average molecular weight is 446 g/mol. The summed E-state index contributed by atoms with van der Waals surface area (Å²) in [6.45, 7) is 3.31. The highest BCUT2D eigenvalue weighted by Gasteiger charge is 2.45. The minimum absolute atomic E-state index is 0.0877. The number of hydrogen-bond donors (Lipinski definition) is 2. The highest BCUT2D eigenvalue weighted by atomic mass is 19.4. The van der Waals surface area contributed by atoms with Crippen LogP contribution in [0.5, 0.6) is 0 Å². The summed E-state index contributed by atoms with van der Waals surface area (Å²) in [7, 11) is 0. The van der Waals surface area contributed by atoms with E-state index in [4.69, 9.17) is 0 Å². The molecule has 2 rings (SSSR count). The van der Waals surface area contributed by atoms with Crippen LogP contribution in [-0.2, 0) is 34.8 Å². The first-order valence-electron chi connectivity index (χ1n) is 8.65. The van der Waals surface area contributed by atoms with Crippen molar-refractivity contribution in [2.75, 3.05) is 0 Å². The number of hydrogen-bond acceptors (Lipinski definition) is 2. The molecule has 0 aromatic heterocycles. The van der Waals surface area contributed by atoms with Gasteiger partial charge in [-0.1, -0.05) is 30.8 Å². The van der Waals surface area contributed by atoms with E-state index in [1.165, 1.54) is 0 Å². The van der Waals surface area contributed by atoms with E-state index < -0.39 is 59.2 Å². The lowest BCUT2D eigenvalue weighted by atomic mass is 9.71. The molecule has 0 radical (unpaired) electrons. The Hall–Kier alpha value is -3.30. The van der Waals surface area contributed by atoms with Gasteiger partial charge in [0.05, 0.1) is 11.1 Å². The number of carboxylic acid groups (broad SMARTS) is 2. The van der Waals surface area contributed by atoms with E-state index in [9.17, 15) is 46.1 Å². The summed E-state index contributed by atoms with van der Waals surface area (Å²) in [6.07, 6.45) is -10.3. The summed E-state index contributed by atoms with van der Waals surface area (Å²) < 4.78 is 76.5. The zero-order valence-electron chi connectivity index (χ0n) is 15.7. The Morgan fingerprint density at radius 3 is 1.26 bits per heavy atom. The van der Waals surface area contributed by atoms with Crippen LogP contribution in [0.25, 0.3) is 0 Å². The van der Waals surface area contributed by atoms with E-state index in [1.54, 1.807) is 0 Å². The van der Waals surface area contributed by atoms with Gasteiger partial charge in [-0.3, -0.25) is 4.79 Å². The zero-order valence-corrected chi connectivity index (χ0v) is 15.7. The number of alkyl halides is 6. The largest absolute Gasteiger partial charge is 0.481 e. The smallest absolute Gasteiger partial charge is 0.416 e. The van der Waals surface area contributed by atoms with Crippen LogP contribution in [-0.4, -0.2) is 22.2 Å². The van der Waals surface area contributed by atoms with E-state index in [0.717, 1.165) is 48.5 Å². The standard InChI is InChI=1S/C21H16F6O4/c1-12(17(28)29)19(18(30)31,10-13-2-6-15(7-3-13)20(22,23)24)11-14-4-8-16(9-5-14)21(25,26)27/h2-9H,1,10-11H2,(H,28,29)(H,30,31). The molecule has 0 saturated carbocycles. The van der Waals surface area contributed by atoms with Crippen molar-refractivity contribution >= 4 is 11.9 Å². The second-order valence-corrected chi connectivity index (χ2v) is 6.91. The molecule has 31 heavy (non-hydrogen) atoms. The third kappa shape index (κ3) is 5.44. The van der Waals surface area contributed by atoms with Gasteiger partial charge in [-0.15, -0.1) is 0 Å². The number of benzene rings is 2. The molecule has 2 N–H and O–H groups in total. The van der Waals surface area contributed by atoms with E-state index in [-0.39, 0.29) is 11.1 Å².